The van der Waals surface area contributed by atoms with Gasteiger partial charge in [-0.3, -0.25) is 14.5 Å². The summed E-state index contributed by atoms with van der Waals surface area (Å²) in [4.78, 5) is 30.1. The van der Waals surface area contributed by atoms with Crippen LogP contribution in [0.3, 0.4) is 0 Å². The molecule has 0 radical (unpaired) electrons. The Hall–Kier alpha value is -2.44. The number of nitrogens with one attached hydrogen (secondary N) is 2. The van der Waals surface area contributed by atoms with Crippen molar-refractivity contribution in [2.75, 3.05) is 24.2 Å². The van der Waals surface area contributed by atoms with E-state index >= 15 is 0 Å². The van der Waals surface area contributed by atoms with Gasteiger partial charge in [0.15, 0.2) is 0 Å². The van der Waals surface area contributed by atoms with E-state index in [1.54, 1.807) is 31.0 Å². The van der Waals surface area contributed by atoms with Crippen LogP contribution in [0.5, 0.6) is 0 Å². The van der Waals surface area contributed by atoms with E-state index in [-0.39, 0.29) is 18.4 Å². The quantitative estimate of drug-likeness (QED) is 0.830. The first-order chi connectivity index (χ1) is 11.8. The zero-order valence-corrected chi connectivity index (χ0v) is 15.2. The molecule has 1 atom stereocenters. The second-order valence-electron chi connectivity index (χ2n) is 5.86. The molecule has 0 aliphatic rings. The van der Waals surface area contributed by atoms with Crippen molar-refractivity contribution >= 4 is 34.9 Å². The van der Waals surface area contributed by atoms with Crippen molar-refractivity contribution in [2.45, 2.75) is 19.9 Å². The Morgan fingerprint density at radius 1 is 1.16 bits per heavy atom. The molecule has 0 aliphatic heterocycles. The average Bonchev–Trinajstić information content (AvgIpc) is 2.58. The fourth-order valence-electron chi connectivity index (χ4n) is 2.08. The highest BCUT2D eigenvalue weighted by molar-refractivity contribution is 6.30. The number of amides is 2. The molecule has 7 heteroatoms. The summed E-state index contributed by atoms with van der Waals surface area (Å²) < 4.78 is 0. The Morgan fingerprint density at radius 2 is 1.84 bits per heavy atom. The summed E-state index contributed by atoms with van der Waals surface area (Å²) in [5, 5.41) is 6.00. The van der Waals surface area contributed by atoms with Crippen LogP contribution in [0.2, 0.25) is 5.02 Å². The Bertz CT molecular complexity index is 732. The van der Waals surface area contributed by atoms with E-state index in [4.69, 9.17) is 11.6 Å². The van der Waals surface area contributed by atoms with Crippen LogP contribution in [0.15, 0.2) is 42.6 Å². The van der Waals surface area contributed by atoms with E-state index in [0.717, 1.165) is 11.3 Å². The minimum absolute atomic E-state index is 0.0938. The van der Waals surface area contributed by atoms with Gasteiger partial charge < -0.3 is 10.6 Å². The van der Waals surface area contributed by atoms with Crippen LogP contribution in [-0.2, 0) is 9.59 Å². The lowest BCUT2D eigenvalue weighted by Gasteiger charge is -2.23. The van der Waals surface area contributed by atoms with E-state index in [1.807, 2.05) is 31.2 Å². The molecule has 2 aromatic rings. The average molecular weight is 361 g/mol. The van der Waals surface area contributed by atoms with Crippen molar-refractivity contribution < 1.29 is 9.59 Å². The Morgan fingerprint density at radius 3 is 2.44 bits per heavy atom. The highest BCUT2D eigenvalue weighted by Gasteiger charge is 2.20. The summed E-state index contributed by atoms with van der Waals surface area (Å²) in [5.41, 5.74) is 1.85. The van der Waals surface area contributed by atoms with Gasteiger partial charge in [-0.2, -0.15) is 0 Å². The smallest absolute Gasteiger partial charge is 0.242 e. The van der Waals surface area contributed by atoms with Gasteiger partial charge in [-0.15, -0.1) is 0 Å². The fraction of sp³-hybridized carbons (Fsp3) is 0.278. The lowest BCUT2D eigenvalue weighted by molar-refractivity contribution is -0.122. The first kappa shape index (κ1) is 18.9. The molecule has 0 unspecified atom stereocenters. The minimum Gasteiger partial charge on any atom is -0.325 e. The number of likely N-dealkylation sites (N-methyl/N-ethyl adjacent to an activating group) is 1. The Balaban J connectivity index is 1.86. The first-order valence-corrected chi connectivity index (χ1v) is 8.22. The zero-order chi connectivity index (χ0) is 18.4. The number of carbonyl (C=O) groups excluding carboxylic acids is 2. The first-order valence-electron chi connectivity index (χ1n) is 7.84. The molecule has 0 bridgehead atoms. The number of carbonyl (C=O) groups is 2. The number of anilines is 2. The van der Waals surface area contributed by atoms with Crippen LogP contribution >= 0.6 is 11.6 Å². The number of nitrogens with zero attached hydrogens (tertiary/aromatic N) is 2. The Kier molecular flexibility index (Phi) is 6.50. The Labute approximate surface area is 152 Å². The number of halogens is 1. The molecule has 0 saturated carbocycles. The lowest BCUT2D eigenvalue weighted by atomic mass is 10.2. The van der Waals surface area contributed by atoms with Crippen molar-refractivity contribution in [1.29, 1.82) is 0 Å². The number of aromatic nitrogens is 1. The van der Waals surface area contributed by atoms with E-state index < -0.39 is 6.04 Å². The molecule has 25 heavy (non-hydrogen) atoms. The molecule has 1 heterocycles. The normalized spacial score (nSPS) is 11.9. The summed E-state index contributed by atoms with van der Waals surface area (Å²) >= 11 is 5.77. The molecule has 1 aromatic heterocycles. The van der Waals surface area contributed by atoms with Crippen LogP contribution in [-0.4, -0.2) is 41.3 Å². The van der Waals surface area contributed by atoms with Gasteiger partial charge >= 0.3 is 0 Å². The van der Waals surface area contributed by atoms with Gasteiger partial charge in [-0.25, -0.2) is 4.98 Å². The van der Waals surface area contributed by atoms with Gasteiger partial charge in [0.25, 0.3) is 0 Å². The maximum Gasteiger partial charge on any atom is 0.242 e. The maximum atomic E-state index is 12.3. The molecule has 0 saturated heterocycles. The lowest BCUT2D eigenvalue weighted by Crippen LogP contribution is -2.43. The molecule has 0 aliphatic carbocycles. The van der Waals surface area contributed by atoms with Crippen LogP contribution < -0.4 is 10.6 Å². The highest BCUT2D eigenvalue weighted by atomic mass is 35.5. The number of benzene rings is 1. The van der Waals surface area contributed by atoms with Crippen molar-refractivity contribution in [3.05, 3.63) is 53.2 Å². The van der Waals surface area contributed by atoms with Gasteiger partial charge in [-0.1, -0.05) is 29.3 Å². The molecule has 6 nitrogen and oxygen atoms in total. The van der Waals surface area contributed by atoms with Gasteiger partial charge in [0.1, 0.15) is 5.82 Å². The van der Waals surface area contributed by atoms with Gasteiger partial charge in [-0.05, 0) is 45.2 Å². The third-order valence-corrected chi connectivity index (χ3v) is 3.97. The van der Waals surface area contributed by atoms with Gasteiger partial charge in [0.2, 0.25) is 11.8 Å². The topological polar surface area (TPSA) is 74.3 Å². The molecule has 0 spiro atoms. The van der Waals surface area contributed by atoms with Gasteiger partial charge in [0, 0.05) is 11.9 Å². The molecule has 132 valence electrons. The number of aryl methyl sites for hydroxylation is 1. The largest absolute Gasteiger partial charge is 0.325 e. The molecule has 2 rings (SSSR count). The predicted octanol–water partition coefficient (Wildman–Crippen LogP) is 2.94. The van der Waals surface area contributed by atoms with Crippen molar-refractivity contribution in [1.82, 2.24) is 9.88 Å². The van der Waals surface area contributed by atoms with Crippen molar-refractivity contribution in [2.24, 2.45) is 0 Å². The zero-order valence-electron chi connectivity index (χ0n) is 14.4. The maximum absolute atomic E-state index is 12.3. The molecule has 1 aromatic carbocycles. The SMILES string of the molecule is Cc1ccc(NC(=O)CN(C)[C@@H](C)C(=O)Nc2ccc(Cl)cn2)cc1. The van der Waals surface area contributed by atoms with Gasteiger partial charge in [0.05, 0.1) is 17.6 Å². The van der Waals surface area contributed by atoms with Crippen molar-refractivity contribution in [3.8, 4) is 0 Å². The summed E-state index contributed by atoms with van der Waals surface area (Å²) in [5.74, 6) is -0.0187. The van der Waals surface area contributed by atoms with E-state index in [1.165, 1.54) is 6.20 Å². The van der Waals surface area contributed by atoms with Crippen LogP contribution in [0.25, 0.3) is 0 Å². The minimum atomic E-state index is -0.499. The number of pyridine rings is 1. The summed E-state index contributed by atoms with van der Waals surface area (Å²) in [6, 6.07) is 10.3. The number of rotatable bonds is 6. The number of hydrogen-bond donors (Lipinski definition) is 2. The van der Waals surface area contributed by atoms with E-state index in [9.17, 15) is 9.59 Å². The highest BCUT2D eigenvalue weighted by Crippen LogP contribution is 2.11. The molecular formula is C18H21ClN4O2. The molecular weight excluding hydrogens is 340 g/mol. The third kappa shape index (κ3) is 5.85. The second-order valence-corrected chi connectivity index (χ2v) is 6.29. The second kappa shape index (κ2) is 8.60. The summed E-state index contributed by atoms with van der Waals surface area (Å²) in [7, 11) is 1.72. The van der Waals surface area contributed by atoms with Crippen LogP contribution in [0.1, 0.15) is 12.5 Å². The van der Waals surface area contributed by atoms with Crippen LogP contribution in [0, 0.1) is 6.92 Å². The molecule has 0 fully saturated rings. The van der Waals surface area contributed by atoms with E-state index in [2.05, 4.69) is 15.6 Å². The number of hydrogen-bond acceptors (Lipinski definition) is 4. The molecule has 2 amide bonds. The summed E-state index contributed by atoms with van der Waals surface area (Å²) in [6.45, 7) is 3.80. The monoisotopic (exact) mass is 360 g/mol. The van der Waals surface area contributed by atoms with E-state index in [0.29, 0.717) is 10.8 Å². The fourth-order valence-corrected chi connectivity index (χ4v) is 2.19. The predicted molar refractivity (Wildman–Crippen MR) is 99.8 cm³/mol. The molecule has 2 N–H and O–H groups in total. The third-order valence-electron chi connectivity index (χ3n) is 3.75. The standard InChI is InChI=1S/C18H21ClN4O2/c1-12-4-7-15(8-5-12)21-17(24)11-23(3)13(2)18(25)22-16-9-6-14(19)10-20-16/h4-10,13H,11H2,1-3H3,(H,21,24)(H,20,22,25)/t13-/m0/s1. The van der Waals surface area contributed by atoms with Crippen molar-refractivity contribution in [3.63, 3.8) is 0 Å². The summed E-state index contributed by atoms with van der Waals surface area (Å²) in [6.07, 6.45) is 1.46. The van der Waals surface area contributed by atoms with Crippen LogP contribution in [0.4, 0.5) is 11.5 Å².